The van der Waals surface area contributed by atoms with E-state index < -0.39 is 0 Å². The van der Waals surface area contributed by atoms with E-state index in [1.165, 1.54) is 0 Å². The van der Waals surface area contributed by atoms with E-state index in [2.05, 4.69) is 27.4 Å². The summed E-state index contributed by atoms with van der Waals surface area (Å²) in [4.78, 5) is 26.7. The van der Waals surface area contributed by atoms with Crippen LogP contribution >= 0.6 is 0 Å². The van der Waals surface area contributed by atoms with Gasteiger partial charge in [0.05, 0.1) is 11.1 Å². The summed E-state index contributed by atoms with van der Waals surface area (Å²) < 4.78 is 1.85. The lowest BCUT2D eigenvalue weighted by atomic mass is 9.89. The molecule has 3 heterocycles. The number of carbonyl (C=O) groups is 1. The van der Waals surface area contributed by atoms with Crippen LogP contribution < -0.4 is 5.32 Å². The third kappa shape index (κ3) is 3.45. The zero-order valence-electron chi connectivity index (χ0n) is 16.9. The van der Waals surface area contributed by atoms with Gasteiger partial charge in [0.1, 0.15) is 12.1 Å². The van der Waals surface area contributed by atoms with Gasteiger partial charge in [0.15, 0.2) is 0 Å². The van der Waals surface area contributed by atoms with E-state index in [4.69, 9.17) is 4.98 Å². The molecule has 4 aromatic rings. The third-order valence-corrected chi connectivity index (χ3v) is 5.68. The number of nitrogens with zero attached hydrogens (tertiary/aromatic N) is 4. The van der Waals surface area contributed by atoms with E-state index in [-0.39, 0.29) is 5.91 Å². The molecule has 0 saturated heterocycles. The van der Waals surface area contributed by atoms with Gasteiger partial charge < -0.3 is 5.32 Å². The van der Waals surface area contributed by atoms with Crippen LogP contribution in [0.4, 0.5) is 0 Å². The summed E-state index contributed by atoms with van der Waals surface area (Å²) in [5.41, 5.74) is 5.97. The van der Waals surface area contributed by atoms with Crippen molar-refractivity contribution in [1.29, 1.82) is 0 Å². The van der Waals surface area contributed by atoms with E-state index in [9.17, 15) is 4.79 Å². The monoisotopic (exact) mass is 397 g/mol. The number of rotatable bonds is 4. The van der Waals surface area contributed by atoms with Gasteiger partial charge in [0.2, 0.25) is 0 Å². The highest BCUT2D eigenvalue weighted by Crippen LogP contribution is 2.30. The number of nitrogens with one attached hydrogen (secondary N) is 1. The molecule has 0 fully saturated rings. The second kappa shape index (κ2) is 7.71. The Morgan fingerprint density at radius 1 is 1.17 bits per heavy atom. The number of fused-ring (bicyclic) bond motifs is 2. The number of hydrogen-bond acceptors (Lipinski definition) is 4. The molecule has 1 N–H and O–H groups in total. The van der Waals surface area contributed by atoms with Crippen molar-refractivity contribution in [3.8, 4) is 5.82 Å². The second-order valence-corrected chi connectivity index (χ2v) is 7.82. The molecule has 6 nitrogen and oxygen atoms in total. The number of benzene rings is 1. The molecule has 0 atom stereocenters. The Hall–Kier alpha value is -3.54. The average molecular weight is 397 g/mol. The van der Waals surface area contributed by atoms with Gasteiger partial charge in [-0.15, -0.1) is 0 Å². The lowest BCUT2D eigenvalue weighted by Gasteiger charge is -2.20. The summed E-state index contributed by atoms with van der Waals surface area (Å²) in [6.45, 7) is 2.48. The summed E-state index contributed by atoms with van der Waals surface area (Å²) >= 11 is 0. The molecule has 1 amide bonds. The van der Waals surface area contributed by atoms with E-state index in [0.717, 1.165) is 70.4 Å². The van der Waals surface area contributed by atoms with Crippen molar-refractivity contribution >= 4 is 16.8 Å². The molecule has 0 saturated carbocycles. The molecule has 1 aliphatic carbocycles. The highest BCUT2D eigenvalue weighted by molar-refractivity contribution is 6.07. The fraction of sp³-hybridized carbons (Fsp3) is 0.250. The number of pyridine rings is 2. The van der Waals surface area contributed by atoms with Gasteiger partial charge in [-0.25, -0.2) is 9.97 Å². The minimum Gasteiger partial charge on any atom is -0.348 e. The summed E-state index contributed by atoms with van der Waals surface area (Å²) in [5, 5.41) is 4.05. The van der Waals surface area contributed by atoms with Crippen LogP contribution in [0, 0.1) is 6.92 Å². The van der Waals surface area contributed by atoms with Gasteiger partial charge in [-0.1, -0.05) is 17.7 Å². The quantitative estimate of drug-likeness (QED) is 0.566. The summed E-state index contributed by atoms with van der Waals surface area (Å²) in [6, 6.07) is 10.1. The Bertz CT molecular complexity index is 1210. The smallest absolute Gasteiger partial charge is 0.252 e. The molecule has 0 radical (unpaired) electrons. The normalized spacial score (nSPS) is 13.2. The van der Waals surface area contributed by atoms with Crippen LogP contribution in [0.15, 0.2) is 55.2 Å². The summed E-state index contributed by atoms with van der Waals surface area (Å²) in [5.74, 6) is 0.761. The predicted molar refractivity (Wildman–Crippen MR) is 116 cm³/mol. The predicted octanol–water partition coefficient (Wildman–Crippen LogP) is 3.93. The Kier molecular flexibility index (Phi) is 4.75. The number of amides is 1. The molecule has 1 aliphatic rings. The number of carbonyl (C=O) groups excluding carboxylic acids is 1. The fourth-order valence-electron chi connectivity index (χ4n) is 4.14. The molecule has 0 unspecified atom stereocenters. The number of aromatic nitrogens is 4. The maximum absolute atomic E-state index is 13.3. The first kappa shape index (κ1) is 18.5. The molecule has 5 rings (SSSR count). The van der Waals surface area contributed by atoms with Crippen molar-refractivity contribution in [3.05, 3.63) is 83.2 Å². The summed E-state index contributed by atoms with van der Waals surface area (Å²) in [7, 11) is 0. The van der Waals surface area contributed by atoms with Gasteiger partial charge in [0, 0.05) is 36.2 Å². The zero-order valence-corrected chi connectivity index (χ0v) is 16.9. The Labute approximate surface area is 175 Å². The van der Waals surface area contributed by atoms with E-state index in [0.29, 0.717) is 6.54 Å². The van der Waals surface area contributed by atoms with Crippen LogP contribution in [0.1, 0.15) is 45.6 Å². The molecular weight excluding hydrogens is 374 g/mol. The first-order valence-electron chi connectivity index (χ1n) is 10.3. The van der Waals surface area contributed by atoms with Crippen LogP contribution in [0.5, 0.6) is 0 Å². The lowest BCUT2D eigenvalue weighted by Crippen LogP contribution is -2.26. The van der Waals surface area contributed by atoms with Gasteiger partial charge in [-0.2, -0.15) is 0 Å². The highest BCUT2D eigenvalue weighted by atomic mass is 16.1. The Morgan fingerprint density at radius 3 is 2.87 bits per heavy atom. The van der Waals surface area contributed by atoms with Crippen molar-refractivity contribution < 1.29 is 4.79 Å². The van der Waals surface area contributed by atoms with Crippen LogP contribution in [0.25, 0.3) is 16.7 Å². The van der Waals surface area contributed by atoms with Gasteiger partial charge in [-0.05, 0) is 61.9 Å². The Morgan fingerprint density at radius 2 is 2.07 bits per heavy atom. The molecule has 0 bridgehead atoms. The average Bonchev–Trinajstić information content (AvgIpc) is 3.31. The highest BCUT2D eigenvalue weighted by Gasteiger charge is 2.22. The first-order valence-corrected chi connectivity index (χ1v) is 10.3. The van der Waals surface area contributed by atoms with Gasteiger partial charge >= 0.3 is 0 Å². The maximum atomic E-state index is 13.3. The fourth-order valence-corrected chi connectivity index (χ4v) is 4.14. The van der Waals surface area contributed by atoms with Gasteiger partial charge in [-0.3, -0.25) is 14.3 Å². The minimum absolute atomic E-state index is 0.0372. The van der Waals surface area contributed by atoms with Gasteiger partial charge in [0.25, 0.3) is 5.91 Å². The number of hydrogen-bond donors (Lipinski definition) is 1. The van der Waals surface area contributed by atoms with E-state index in [1.54, 1.807) is 18.7 Å². The van der Waals surface area contributed by atoms with Crippen LogP contribution in [-0.2, 0) is 19.4 Å². The molecule has 30 heavy (non-hydrogen) atoms. The topological polar surface area (TPSA) is 72.7 Å². The third-order valence-electron chi connectivity index (χ3n) is 5.68. The minimum atomic E-state index is -0.0372. The van der Waals surface area contributed by atoms with Crippen LogP contribution in [-0.4, -0.2) is 25.4 Å². The molecule has 3 aromatic heterocycles. The van der Waals surface area contributed by atoms with Crippen LogP contribution in [0.3, 0.4) is 0 Å². The second-order valence-electron chi connectivity index (χ2n) is 7.82. The van der Waals surface area contributed by atoms with Crippen molar-refractivity contribution in [2.45, 2.75) is 39.2 Å². The number of aryl methyl sites for hydroxylation is 2. The first-order chi connectivity index (χ1) is 14.7. The largest absolute Gasteiger partial charge is 0.348 e. The number of imidazole rings is 1. The Balaban J connectivity index is 1.42. The molecule has 0 aliphatic heterocycles. The van der Waals surface area contributed by atoms with Crippen molar-refractivity contribution in [3.63, 3.8) is 0 Å². The molecule has 0 spiro atoms. The molecule has 6 heteroatoms. The van der Waals surface area contributed by atoms with E-state index in [1.807, 2.05) is 35.9 Å². The standard InChI is InChI=1S/C24H23N5O/c1-16-6-8-21-19(12-16)23(18-4-2-3-5-20(18)28-21)24(30)27-14-17-7-9-22(26-13-17)29-11-10-25-15-29/h6-13,15H,2-5,14H2,1H3,(H,27,30). The van der Waals surface area contributed by atoms with E-state index >= 15 is 0 Å². The van der Waals surface area contributed by atoms with Crippen LogP contribution in [0.2, 0.25) is 0 Å². The van der Waals surface area contributed by atoms with Crippen molar-refractivity contribution in [1.82, 2.24) is 24.8 Å². The zero-order chi connectivity index (χ0) is 20.5. The van der Waals surface area contributed by atoms with Crippen molar-refractivity contribution in [2.24, 2.45) is 0 Å². The molecule has 150 valence electrons. The van der Waals surface area contributed by atoms with Crippen molar-refractivity contribution in [2.75, 3.05) is 0 Å². The molecule has 1 aromatic carbocycles. The maximum Gasteiger partial charge on any atom is 0.252 e. The summed E-state index contributed by atoms with van der Waals surface area (Å²) in [6.07, 6.45) is 11.2. The lowest BCUT2D eigenvalue weighted by molar-refractivity contribution is 0.0951. The SMILES string of the molecule is Cc1ccc2nc3c(c(C(=O)NCc4ccc(-n5ccnc5)nc4)c2c1)CCCC3. The molecular formula is C24H23N5O.